The summed E-state index contributed by atoms with van der Waals surface area (Å²) in [7, 11) is 1.63. The molecular weight excluding hydrogens is 374 g/mol. The lowest BCUT2D eigenvalue weighted by Crippen LogP contribution is -2.22. The van der Waals surface area contributed by atoms with Crippen LogP contribution in [0.1, 0.15) is 29.0 Å². The number of carbonyl (C=O) groups is 1. The van der Waals surface area contributed by atoms with E-state index in [1.54, 1.807) is 35.7 Å². The van der Waals surface area contributed by atoms with Crippen molar-refractivity contribution in [1.82, 2.24) is 9.78 Å². The fraction of sp³-hybridized carbons (Fsp3) is 0.238. The number of benzene rings is 2. The number of nitrogens with zero attached hydrogens (tertiary/aromatic N) is 2. The van der Waals surface area contributed by atoms with E-state index in [4.69, 9.17) is 9.84 Å². The molecule has 1 aliphatic heterocycles. The number of ether oxygens (including phenoxy) is 1. The minimum atomic E-state index is -0.227. The van der Waals surface area contributed by atoms with Gasteiger partial charge in [0, 0.05) is 5.56 Å². The number of phenolic OH excluding ortho intramolecular Hbond substituents is 1. The molecule has 2 atom stereocenters. The van der Waals surface area contributed by atoms with Gasteiger partial charge in [0.15, 0.2) is 0 Å². The molecule has 1 amide bonds. The Bertz CT molecular complexity index is 1010. The van der Waals surface area contributed by atoms with Crippen molar-refractivity contribution in [3.8, 4) is 17.2 Å². The van der Waals surface area contributed by atoms with Gasteiger partial charge in [-0.3, -0.25) is 4.79 Å². The molecule has 0 saturated heterocycles. The number of methoxy groups -OCH3 is 1. The quantitative estimate of drug-likeness (QED) is 0.699. The molecule has 2 heterocycles. The molecule has 0 spiro atoms. The molecule has 2 unspecified atom stereocenters. The van der Waals surface area contributed by atoms with E-state index in [9.17, 15) is 9.90 Å². The van der Waals surface area contributed by atoms with Gasteiger partial charge in [-0.15, -0.1) is 11.8 Å². The summed E-state index contributed by atoms with van der Waals surface area (Å²) in [6.07, 6.45) is 0. The minimum Gasteiger partial charge on any atom is -0.508 e. The Labute approximate surface area is 167 Å². The molecule has 0 aliphatic carbocycles. The molecule has 1 aromatic heterocycles. The van der Waals surface area contributed by atoms with Gasteiger partial charge in [-0.25, -0.2) is 4.68 Å². The van der Waals surface area contributed by atoms with Crippen molar-refractivity contribution in [1.29, 1.82) is 0 Å². The van der Waals surface area contributed by atoms with Crippen molar-refractivity contribution in [2.24, 2.45) is 0 Å². The lowest BCUT2D eigenvalue weighted by molar-refractivity contribution is -0.115. The van der Waals surface area contributed by atoms with Gasteiger partial charge in [-0.1, -0.05) is 12.1 Å². The zero-order valence-electron chi connectivity index (χ0n) is 15.8. The Morgan fingerprint density at radius 2 is 1.82 bits per heavy atom. The predicted octanol–water partition coefficient (Wildman–Crippen LogP) is 4.06. The molecule has 7 heteroatoms. The summed E-state index contributed by atoms with van der Waals surface area (Å²) in [5.41, 5.74) is 3.69. The Hall–Kier alpha value is -2.93. The van der Waals surface area contributed by atoms with Gasteiger partial charge >= 0.3 is 0 Å². The van der Waals surface area contributed by atoms with Gasteiger partial charge in [-0.2, -0.15) is 5.10 Å². The second kappa shape index (κ2) is 7.24. The highest BCUT2D eigenvalue weighted by atomic mass is 32.2. The monoisotopic (exact) mass is 395 g/mol. The topological polar surface area (TPSA) is 76.4 Å². The van der Waals surface area contributed by atoms with Crippen molar-refractivity contribution >= 4 is 23.5 Å². The van der Waals surface area contributed by atoms with Crippen LogP contribution in [-0.4, -0.2) is 33.2 Å². The largest absolute Gasteiger partial charge is 0.508 e. The van der Waals surface area contributed by atoms with E-state index < -0.39 is 0 Å². The highest BCUT2D eigenvalue weighted by Crippen LogP contribution is 2.46. The fourth-order valence-corrected chi connectivity index (χ4v) is 4.65. The average molecular weight is 395 g/mol. The maximum atomic E-state index is 12.7. The Morgan fingerprint density at radius 3 is 2.46 bits per heavy atom. The lowest BCUT2D eigenvalue weighted by Gasteiger charge is -2.17. The number of nitrogens with one attached hydrogen (secondary N) is 1. The molecule has 0 radical (unpaired) electrons. The number of hydrogen-bond acceptors (Lipinski definition) is 5. The van der Waals surface area contributed by atoms with Crippen molar-refractivity contribution in [2.45, 2.75) is 24.3 Å². The van der Waals surface area contributed by atoms with Gasteiger partial charge in [-0.05, 0) is 55.8 Å². The number of fused-ring (bicyclic) bond motifs is 1. The fourth-order valence-electron chi connectivity index (χ4n) is 3.33. The number of carbonyl (C=O) groups excluding carboxylic acids is 1. The Kier molecular flexibility index (Phi) is 4.77. The van der Waals surface area contributed by atoms with Crippen LogP contribution in [-0.2, 0) is 4.79 Å². The number of amides is 1. The number of rotatable bonds is 3. The molecule has 3 aromatic rings. The second-order valence-corrected chi connectivity index (χ2v) is 8.15. The third-order valence-corrected chi connectivity index (χ3v) is 6.24. The zero-order valence-corrected chi connectivity index (χ0v) is 16.7. The van der Waals surface area contributed by atoms with Crippen LogP contribution in [0.3, 0.4) is 0 Å². The molecule has 4 rings (SSSR count). The SMILES string of the molecule is COc1ccc(-n2nc(C)c3c2NC(=O)C(C)SC3c2ccc(O)cc2)cc1. The number of hydrogen-bond donors (Lipinski definition) is 2. The number of aromatic nitrogens is 2. The first-order valence-electron chi connectivity index (χ1n) is 8.97. The standard InChI is InChI=1S/C21H21N3O3S/c1-12-18-19(14-4-8-16(25)9-5-14)28-13(2)21(26)22-20(18)24(23-12)15-6-10-17(27-3)11-7-15/h4-11,13,19,25H,1-3H3,(H,22,26). The van der Waals surface area contributed by atoms with Crippen molar-refractivity contribution in [3.63, 3.8) is 0 Å². The first-order valence-corrected chi connectivity index (χ1v) is 9.91. The van der Waals surface area contributed by atoms with E-state index in [2.05, 4.69) is 5.32 Å². The van der Waals surface area contributed by atoms with Crippen molar-refractivity contribution < 1.29 is 14.6 Å². The van der Waals surface area contributed by atoms with E-state index in [0.717, 1.165) is 28.3 Å². The number of aryl methyl sites for hydroxylation is 1. The zero-order chi connectivity index (χ0) is 19.8. The molecule has 0 saturated carbocycles. The van der Waals surface area contributed by atoms with Gasteiger partial charge in [0.1, 0.15) is 17.3 Å². The normalized spacial score (nSPS) is 18.9. The van der Waals surface area contributed by atoms with Crippen LogP contribution >= 0.6 is 11.8 Å². The molecule has 28 heavy (non-hydrogen) atoms. The summed E-state index contributed by atoms with van der Waals surface area (Å²) in [6.45, 7) is 3.86. The van der Waals surface area contributed by atoms with Gasteiger partial charge in [0.05, 0.1) is 29.0 Å². The summed E-state index contributed by atoms with van der Waals surface area (Å²) < 4.78 is 7.01. The number of aromatic hydroxyl groups is 1. The van der Waals surface area contributed by atoms with E-state index in [-0.39, 0.29) is 22.2 Å². The molecule has 2 aromatic carbocycles. The van der Waals surface area contributed by atoms with E-state index in [1.165, 1.54) is 0 Å². The third kappa shape index (κ3) is 3.22. The van der Waals surface area contributed by atoms with Crippen LogP contribution in [0.25, 0.3) is 5.69 Å². The number of phenols is 1. The summed E-state index contributed by atoms with van der Waals surface area (Å²) in [6, 6.07) is 14.7. The van der Waals surface area contributed by atoms with Gasteiger partial charge in [0.2, 0.25) is 5.91 Å². The molecule has 2 N–H and O–H groups in total. The van der Waals surface area contributed by atoms with E-state index >= 15 is 0 Å². The van der Waals surface area contributed by atoms with Crippen LogP contribution in [0.15, 0.2) is 48.5 Å². The predicted molar refractivity (Wildman–Crippen MR) is 110 cm³/mol. The molecule has 0 fully saturated rings. The van der Waals surface area contributed by atoms with Crippen LogP contribution < -0.4 is 10.1 Å². The van der Waals surface area contributed by atoms with Crippen LogP contribution in [0, 0.1) is 6.92 Å². The van der Waals surface area contributed by atoms with Crippen LogP contribution in [0.2, 0.25) is 0 Å². The lowest BCUT2D eigenvalue weighted by atomic mass is 10.0. The summed E-state index contributed by atoms with van der Waals surface area (Å²) in [5.74, 6) is 1.61. The highest BCUT2D eigenvalue weighted by Gasteiger charge is 2.34. The third-order valence-electron chi connectivity index (χ3n) is 4.83. The van der Waals surface area contributed by atoms with Gasteiger partial charge in [0.25, 0.3) is 0 Å². The smallest absolute Gasteiger partial charge is 0.238 e. The minimum absolute atomic E-state index is 0.0535. The Balaban J connectivity index is 1.87. The van der Waals surface area contributed by atoms with Crippen molar-refractivity contribution in [3.05, 3.63) is 65.4 Å². The van der Waals surface area contributed by atoms with Gasteiger partial charge < -0.3 is 15.2 Å². The van der Waals surface area contributed by atoms with Crippen LogP contribution in [0.4, 0.5) is 5.82 Å². The molecular formula is C21H21N3O3S. The first-order chi connectivity index (χ1) is 13.5. The Morgan fingerprint density at radius 1 is 1.14 bits per heavy atom. The number of thioether (sulfide) groups is 1. The molecule has 144 valence electrons. The maximum absolute atomic E-state index is 12.7. The summed E-state index contributed by atoms with van der Waals surface area (Å²) in [4.78, 5) is 12.7. The molecule has 6 nitrogen and oxygen atoms in total. The molecule has 1 aliphatic rings. The first kappa shape index (κ1) is 18.4. The summed E-state index contributed by atoms with van der Waals surface area (Å²) in [5, 5.41) is 17.1. The van der Waals surface area contributed by atoms with E-state index in [1.807, 2.05) is 50.2 Å². The second-order valence-electron chi connectivity index (χ2n) is 6.70. The van der Waals surface area contributed by atoms with E-state index in [0.29, 0.717) is 5.82 Å². The van der Waals surface area contributed by atoms with Crippen LogP contribution in [0.5, 0.6) is 11.5 Å². The van der Waals surface area contributed by atoms with Crippen molar-refractivity contribution in [2.75, 3.05) is 12.4 Å². The summed E-state index contributed by atoms with van der Waals surface area (Å²) >= 11 is 1.58. The average Bonchev–Trinajstić information content (AvgIpc) is 2.95. The highest BCUT2D eigenvalue weighted by molar-refractivity contribution is 8.01. The number of anilines is 1. The molecule has 0 bridgehead atoms. The maximum Gasteiger partial charge on any atom is 0.238 e.